The van der Waals surface area contributed by atoms with Crippen molar-refractivity contribution in [3.63, 3.8) is 0 Å². The molecule has 20 heavy (non-hydrogen) atoms. The molecule has 0 aliphatic rings. The van der Waals surface area contributed by atoms with Crippen LogP contribution in [-0.4, -0.2) is 46.6 Å². The Labute approximate surface area is 118 Å². The van der Waals surface area contributed by atoms with E-state index in [4.69, 9.17) is 5.11 Å². The number of carboxylic acid groups (broad SMARTS) is 1. The first-order valence-electron chi connectivity index (χ1n) is 6.56. The Bertz CT molecular complexity index is 450. The molecule has 2 amide bonds. The third-order valence-electron chi connectivity index (χ3n) is 3.27. The third kappa shape index (κ3) is 4.87. The summed E-state index contributed by atoms with van der Waals surface area (Å²) in [7, 11) is 1.68. The molecule has 0 radical (unpaired) electrons. The van der Waals surface area contributed by atoms with Crippen LogP contribution >= 0.6 is 0 Å². The molecule has 6 nitrogen and oxygen atoms in total. The van der Waals surface area contributed by atoms with E-state index in [9.17, 15) is 9.59 Å². The lowest BCUT2D eigenvalue weighted by atomic mass is 10.0. The number of nitrogens with zero attached hydrogens (tertiary/aromatic N) is 2. The summed E-state index contributed by atoms with van der Waals surface area (Å²) in [6, 6.07) is 4.95. The van der Waals surface area contributed by atoms with Crippen molar-refractivity contribution < 1.29 is 14.7 Å². The molecule has 0 aromatic carbocycles. The van der Waals surface area contributed by atoms with Gasteiger partial charge >= 0.3 is 12.0 Å². The predicted octanol–water partition coefficient (Wildman–Crippen LogP) is 1.37. The van der Waals surface area contributed by atoms with E-state index in [1.54, 1.807) is 27.1 Å². The normalized spacial score (nSPS) is 13.3. The van der Waals surface area contributed by atoms with E-state index in [0.717, 1.165) is 5.69 Å². The molecule has 6 heteroatoms. The van der Waals surface area contributed by atoms with Crippen molar-refractivity contribution in [2.45, 2.75) is 26.3 Å². The third-order valence-corrected chi connectivity index (χ3v) is 3.27. The van der Waals surface area contributed by atoms with Crippen LogP contribution in [0.1, 0.15) is 19.5 Å². The Hall–Kier alpha value is -2.11. The lowest BCUT2D eigenvalue weighted by Crippen LogP contribution is -2.46. The number of aliphatic carboxylic acids is 1. The number of pyridine rings is 1. The number of likely N-dealkylation sites (N-methyl/N-ethyl adjacent to an activating group) is 1. The summed E-state index contributed by atoms with van der Waals surface area (Å²) >= 11 is 0. The molecule has 0 saturated heterocycles. The SMILES string of the molecule is CC(NC(=O)N(C)CCc1ccccn1)C(C)C(=O)O. The molecule has 0 aliphatic carbocycles. The molecule has 2 unspecified atom stereocenters. The zero-order valence-electron chi connectivity index (χ0n) is 12.0. The molecule has 2 atom stereocenters. The molecule has 1 rings (SSSR count). The monoisotopic (exact) mass is 279 g/mol. The summed E-state index contributed by atoms with van der Waals surface area (Å²) in [6.45, 7) is 3.78. The van der Waals surface area contributed by atoms with Gasteiger partial charge in [-0.25, -0.2) is 4.79 Å². The van der Waals surface area contributed by atoms with Crippen molar-refractivity contribution in [2.75, 3.05) is 13.6 Å². The summed E-state index contributed by atoms with van der Waals surface area (Å²) in [5.74, 6) is -1.54. The van der Waals surface area contributed by atoms with Gasteiger partial charge in [-0.2, -0.15) is 0 Å². The van der Waals surface area contributed by atoms with E-state index in [1.165, 1.54) is 4.90 Å². The summed E-state index contributed by atoms with van der Waals surface area (Å²) in [4.78, 5) is 28.4. The summed E-state index contributed by atoms with van der Waals surface area (Å²) < 4.78 is 0. The highest BCUT2D eigenvalue weighted by Crippen LogP contribution is 2.03. The molecule has 0 aliphatic heterocycles. The highest BCUT2D eigenvalue weighted by Gasteiger charge is 2.22. The van der Waals surface area contributed by atoms with Gasteiger partial charge in [0.2, 0.25) is 0 Å². The van der Waals surface area contributed by atoms with Crippen LogP contribution in [0, 0.1) is 5.92 Å². The first-order chi connectivity index (χ1) is 9.41. The van der Waals surface area contributed by atoms with Gasteiger partial charge in [0.25, 0.3) is 0 Å². The Kier molecular flexibility index (Phi) is 5.96. The molecule has 0 spiro atoms. The fourth-order valence-electron chi connectivity index (χ4n) is 1.57. The molecule has 0 saturated carbocycles. The van der Waals surface area contributed by atoms with Crippen LogP contribution in [0.25, 0.3) is 0 Å². The minimum absolute atomic E-state index is 0.276. The number of nitrogens with one attached hydrogen (secondary N) is 1. The smallest absolute Gasteiger partial charge is 0.317 e. The molecular formula is C14H21N3O3. The van der Waals surface area contributed by atoms with Crippen LogP contribution in [0.2, 0.25) is 0 Å². The first-order valence-corrected chi connectivity index (χ1v) is 6.56. The summed E-state index contributed by atoms with van der Waals surface area (Å²) in [5, 5.41) is 11.6. The number of aromatic nitrogens is 1. The van der Waals surface area contributed by atoms with Gasteiger partial charge in [0, 0.05) is 37.9 Å². The summed E-state index contributed by atoms with van der Waals surface area (Å²) in [5.41, 5.74) is 0.916. The summed E-state index contributed by atoms with van der Waals surface area (Å²) in [6.07, 6.45) is 2.37. The maximum atomic E-state index is 11.9. The second-order valence-corrected chi connectivity index (χ2v) is 4.86. The molecular weight excluding hydrogens is 258 g/mol. The van der Waals surface area contributed by atoms with E-state index in [1.807, 2.05) is 18.2 Å². The molecule has 1 aromatic rings. The average Bonchev–Trinajstić information content (AvgIpc) is 2.44. The standard InChI is InChI=1S/C14H21N3O3/c1-10(13(18)19)11(2)16-14(20)17(3)9-7-12-6-4-5-8-15-12/h4-6,8,10-11H,7,9H2,1-3H3,(H,16,20)(H,18,19). The van der Waals surface area contributed by atoms with Gasteiger partial charge < -0.3 is 15.3 Å². The van der Waals surface area contributed by atoms with Crippen LogP contribution < -0.4 is 5.32 Å². The number of carbonyl (C=O) groups is 2. The zero-order chi connectivity index (χ0) is 15.1. The van der Waals surface area contributed by atoms with Crippen LogP contribution in [0.15, 0.2) is 24.4 Å². The molecule has 2 N–H and O–H groups in total. The second-order valence-electron chi connectivity index (χ2n) is 4.86. The zero-order valence-corrected chi connectivity index (χ0v) is 12.0. The second kappa shape index (κ2) is 7.47. The van der Waals surface area contributed by atoms with Gasteiger partial charge in [0.05, 0.1) is 5.92 Å². The van der Waals surface area contributed by atoms with Gasteiger partial charge in [0.15, 0.2) is 0 Å². The Morgan fingerprint density at radius 1 is 1.40 bits per heavy atom. The van der Waals surface area contributed by atoms with Crippen LogP contribution in [0.5, 0.6) is 0 Å². The van der Waals surface area contributed by atoms with E-state index in [2.05, 4.69) is 10.3 Å². The maximum Gasteiger partial charge on any atom is 0.317 e. The van der Waals surface area contributed by atoms with E-state index in [-0.39, 0.29) is 6.03 Å². The van der Waals surface area contributed by atoms with Gasteiger partial charge in [0.1, 0.15) is 0 Å². The molecule has 1 heterocycles. The van der Waals surface area contributed by atoms with E-state index in [0.29, 0.717) is 13.0 Å². The van der Waals surface area contributed by atoms with Crippen LogP contribution in [-0.2, 0) is 11.2 Å². The minimum Gasteiger partial charge on any atom is -0.481 e. The van der Waals surface area contributed by atoms with E-state index < -0.39 is 17.9 Å². The highest BCUT2D eigenvalue weighted by atomic mass is 16.4. The number of hydrogen-bond donors (Lipinski definition) is 2. The Morgan fingerprint density at radius 3 is 2.65 bits per heavy atom. The van der Waals surface area contributed by atoms with E-state index >= 15 is 0 Å². The number of hydrogen-bond acceptors (Lipinski definition) is 3. The number of carbonyl (C=O) groups excluding carboxylic acids is 1. The number of urea groups is 1. The average molecular weight is 279 g/mol. The largest absolute Gasteiger partial charge is 0.481 e. The van der Waals surface area contributed by atoms with Crippen molar-refractivity contribution in [1.29, 1.82) is 0 Å². The van der Waals surface area contributed by atoms with Crippen molar-refractivity contribution >= 4 is 12.0 Å². The lowest BCUT2D eigenvalue weighted by Gasteiger charge is -2.23. The maximum absolute atomic E-state index is 11.9. The van der Waals surface area contributed by atoms with Crippen molar-refractivity contribution in [1.82, 2.24) is 15.2 Å². The fraction of sp³-hybridized carbons (Fsp3) is 0.500. The number of amides is 2. The first kappa shape index (κ1) is 15.9. The van der Waals surface area contributed by atoms with Gasteiger partial charge in [-0.3, -0.25) is 9.78 Å². The van der Waals surface area contributed by atoms with Gasteiger partial charge in [-0.15, -0.1) is 0 Å². The minimum atomic E-state index is -0.922. The van der Waals surface area contributed by atoms with Gasteiger partial charge in [-0.05, 0) is 26.0 Å². The predicted molar refractivity (Wildman–Crippen MR) is 75.4 cm³/mol. The van der Waals surface area contributed by atoms with Gasteiger partial charge in [-0.1, -0.05) is 6.07 Å². The highest BCUT2D eigenvalue weighted by molar-refractivity contribution is 5.76. The van der Waals surface area contributed by atoms with Crippen LogP contribution in [0.3, 0.4) is 0 Å². The Morgan fingerprint density at radius 2 is 2.10 bits per heavy atom. The van der Waals surface area contributed by atoms with Crippen LogP contribution in [0.4, 0.5) is 4.79 Å². The molecule has 0 fully saturated rings. The lowest BCUT2D eigenvalue weighted by molar-refractivity contribution is -0.141. The quantitative estimate of drug-likeness (QED) is 0.824. The molecule has 0 bridgehead atoms. The molecule has 1 aromatic heterocycles. The number of carboxylic acids is 1. The topological polar surface area (TPSA) is 82.5 Å². The van der Waals surface area contributed by atoms with Crippen molar-refractivity contribution in [3.8, 4) is 0 Å². The van der Waals surface area contributed by atoms with Crippen molar-refractivity contribution in [3.05, 3.63) is 30.1 Å². The van der Waals surface area contributed by atoms with Crippen molar-refractivity contribution in [2.24, 2.45) is 5.92 Å². The fourth-order valence-corrected chi connectivity index (χ4v) is 1.57. The molecule has 110 valence electrons. The number of rotatable bonds is 6. The Balaban J connectivity index is 2.41.